The molecule has 0 spiro atoms. The maximum absolute atomic E-state index is 12.5. The molecule has 3 rings (SSSR count). The molecule has 6 nitrogen and oxygen atoms in total. The van der Waals surface area contributed by atoms with Crippen molar-refractivity contribution in [3.63, 3.8) is 0 Å². The summed E-state index contributed by atoms with van der Waals surface area (Å²) in [5, 5.41) is 0. The van der Waals surface area contributed by atoms with Gasteiger partial charge in [0.15, 0.2) is 0 Å². The largest absolute Gasteiger partial charge is 0.341 e. The van der Waals surface area contributed by atoms with Gasteiger partial charge in [-0.2, -0.15) is 0 Å². The lowest BCUT2D eigenvalue weighted by Crippen LogP contribution is -2.39. The summed E-state index contributed by atoms with van der Waals surface area (Å²) in [5.74, 6) is 1.09. The molecule has 0 saturated carbocycles. The molecule has 26 heavy (non-hydrogen) atoms. The normalized spacial score (nSPS) is 16.0. The van der Waals surface area contributed by atoms with Crippen molar-refractivity contribution < 1.29 is 8.42 Å². The maximum Gasteiger partial charge on any atom is 0.240 e. The Kier molecular flexibility index (Phi) is 6.21. The summed E-state index contributed by atoms with van der Waals surface area (Å²) >= 11 is 0. The van der Waals surface area contributed by atoms with E-state index in [-0.39, 0.29) is 0 Å². The van der Waals surface area contributed by atoms with Crippen LogP contribution in [-0.4, -0.2) is 38.0 Å². The van der Waals surface area contributed by atoms with Gasteiger partial charge in [-0.1, -0.05) is 25.5 Å². The first-order valence-electron chi connectivity index (χ1n) is 9.19. The minimum atomic E-state index is -3.45. The summed E-state index contributed by atoms with van der Waals surface area (Å²) in [6, 6.07) is 9.00. The van der Waals surface area contributed by atoms with Crippen LogP contribution in [0.2, 0.25) is 0 Å². The van der Waals surface area contributed by atoms with Gasteiger partial charge in [-0.3, -0.25) is 0 Å². The van der Waals surface area contributed by atoms with E-state index in [1.165, 1.54) is 5.56 Å². The third-order valence-electron chi connectivity index (χ3n) is 4.78. The lowest BCUT2D eigenvalue weighted by Gasteiger charge is -2.31. The van der Waals surface area contributed by atoms with E-state index in [0.717, 1.165) is 44.7 Å². The van der Waals surface area contributed by atoms with Crippen molar-refractivity contribution >= 4 is 16.0 Å². The molecule has 2 heterocycles. The number of piperidine rings is 1. The van der Waals surface area contributed by atoms with Crippen molar-refractivity contribution in [1.29, 1.82) is 0 Å². The second kappa shape index (κ2) is 8.60. The van der Waals surface area contributed by atoms with Gasteiger partial charge in [0.1, 0.15) is 0 Å². The number of nitrogens with one attached hydrogen (secondary N) is 1. The Morgan fingerprint density at radius 1 is 1.12 bits per heavy atom. The second-order valence-corrected chi connectivity index (χ2v) is 8.49. The van der Waals surface area contributed by atoms with Crippen LogP contribution in [0.1, 0.15) is 31.7 Å². The van der Waals surface area contributed by atoms with Crippen LogP contribution in [0.4, 0.5) is 5.95 Å². The van der Waals surface area contributed by atoms with Crippen LogP contribution >= 0.6 is 0 Å². The molecule has 0 radical (unpaired) electrons. The molecule has 1 aliphatic heterocycles. The Hall–Kier alpha value is -1.99. The first-order chi connectivity index (χ1) is 12.6. The van der Waals surface area contributed by atoms with E-state index in [0.29, 0.717) is 17.4 Å². The summed E-state index contributed by atoms with van der Waals surface area (Å²) in [6.07, 6.45) is 7.36. The Morgan fingerprint density at radius 3 is 2.38 bits per heavy atom. The Labute approximate surface area is 155 Å². The molecule has 1 aromatic heterocycles. The molecule has 1 N–H and O–H groups in total. The second-order valence-electron chi connectivity index (χ2n) is 6.73. The highest BCUT2D eigenvalue weighted by atomic mass is 32.2. The van der Waals surface area contributed by atoms with Gasteiger partial charge >= 0.3 is 0 Å². The van der Waals surface area contributed by atoms with Gasteiger partial charge in [0, 0.05) is 32.0 Å². The highest BCUT2D eigenvalue weighted by molar-refractivity contribution is 7.89. The van der Waals surface area contributed by atoms with Gasteiger partial charge < -0.3 is 4.90 Å². The fourth-order valence-electron chi connectivity index (χ4n) is 3.23. The maximum atomic E-state index is 12.5. The molecule has 140 valence electrons. The first-order valence-corrected chi connectivity index (χ1v) is 10.7. The zero-order valence-corrected chi connectivity index (χ0v) is 16.0. The van der Waals surface area contributed by atoms with Crippen LogP contribution in [0.15, 0.2) is 47.6 Å². The van der Waals surface area contributed by atoms with Gasteiger partial charge in [0.25, 0.3) is 0 Å². The lowest BCUT2D eigenvalue weighted by molar-refractivity contribution is 0.399. The van der Waals surface area contributed by atoms with Gasteiger partial charge in [-0.05, 0) is 48.9 Å². The van der Waals surface area contributed by atoms with Crippen molar-refractivity contribution in [1.82, 2.24) is 14.7 Å². The summed E-state index contributed by atoms with van der Waals surface area (Å²) in [4.78, 5) is 11.0. The number of nitrogens with zero attached hydrogens (tertiary/aromatic N) is 3. The summed E-state index contributed by atoms with van der Waals surface area (Å²) in [7, 11) is -3.45. The highest BCUT2D eigenvalue weighted by Crippen LogP contribution is 2.20. The number of aryl methyl sites for hydroxylation is 1. The van der Waals surface area contributed by atoms with Crippen molar-refractivity contribution in [2.45, 2.75) is 37.5 Å². The van der Waals surface area contributed by atoms with E-state index < -0.39 is 10.0 Å². The average Bonchev–Trinajstić information content (AvgIpc) is 2.68. The Balaban J connectivity index is 1.51. The molecule has 1 aromatic carbocycles. The number of aromatic nitrogens is 2. The molecule has 1 fully saturated rings. The number of sulfonamides is 1. The minimum absolute atomic E-state index is 0.337. The van der Waals surface area contributed by atoms with Crippen LogP contribution < -0.4 is 9.62 Å². The van der Waals surface area contributed by atoms with Gasteiger partial charge in [-0.15, -0.1) is 0 Å². The molecule has 0 amide bonds. The van der Waals surface area contributed by atoms with Crippen molar-refractivity contribution in [2.24, 2.45) is 5.92 Å². The average molecular weight is 375 g/mol. The quantitative estimate of drug-likeness (QED) is 0.806. The topological polar surface area (TPSA) is 75.2 Å². The highest BCUT2D eigenvalue weighted by Gasteiger charge is 2.23. The molecular weight excluding hydrogens is 348 g/mol. The summed E-state index contributed by atoms with van der Waals surface area (Å²) in [6.45, 7) is 4.29. The van der Waals surface area contributed by atoms with Crippen molar-refractivity contribution in [3.8, 4) is 0 Å². The SMILES string of the molecule is CCCc1ccc(S(=O)(=O)NCC2CCN(c3ncccn3)CC2)cc1. The monoisotopic (exact) mass is 374 g/mol. The molecule has 1 saturated heterocycles. The molecular formula is C19H26N4O2S. The van der Waals surface area contributed by atoms with Crippen LogP contribution in [0.25, 0.3) is 0 Å². The van der Waals surface area contributed by atoms with Gasteiger partial charge in [-0.25, -0.2) is 23.1 Å². The van der Waals surface area contributed by atoms with E-state index in [1.54, 1.807) is 30.6 Å². The number of hydrogen-bond acceptors (Lipinski definition) is 5. The van der Waals surface area contributed by atoms with Gasteiger partial charge in [0.2, 0.25) is 16.0 Å². The molecule has 0 aliphatic carbocycles. The molecule has 0 atom stereocenters. The van der Waals surface area contributed by atoms with E-state index in [2.05, 4.69) is 26.5 Å². The third-order valence-corrected chi connectivity index (χ3v) is 6.22. The molecule has 0 bridgehead atoms. The summed E-state index contributed by atoms with van der Waals surface area (Å²) in [5.41, 5.74) is 1.17. The molecule has 1 aliphatic rings. The number of benzene rings is 1. The zero-order chi connectivity index (χ0) is 18.4. The van der Waals surface area contributed by atoms with Crippen LogP contribution in [0.5, 0.6) is 0 Å². The third kappa shape index (κ3) is 4.80. The predicted octanol–water partition coefficient (Wildman–Crippen LogP) is 2.62. The predicted molar refractivity (Wildman–Crippen MR) is 103 cm³/mol. The van der Waals surface area contributed by atoms with Crippen molar-refractivity contribution in [2.75, 3.05) is 24.5 Å². The smallest absolute Gasteiger partial charge is 0.240 e. The number of anilines is 1. The van der Waals surface area contributed by atoms with E-state index in [9.17, 15) is 8.42 Å². The first kappa shape index (κ1) is 18.8. The van der Waals surface area contributed by atoms with Crippen LogP contribution in [0.3, 0.4) is 0 Å². The Morgan fingerprint density at radius 2 is 1.77 bits per heavy atom. The van der Waals surface area contributed by atoms with Gasteiger partial charge in [0.05, 0.1) is 4.90 Å². The summed E-state index contributed by atoms with van der Waals surface area (Å²) < 4.78 is 27.8. The minimum Gasteiger partial charge on any atom is -0.341 e. The lowest BCUT2D eigenvalue weighted by atomic mass is 9.97. The molecule has 2 aromatic rings. The van der Waals surface area contributed by atoms with Crippen LogP contribution in [-0.2, 0) is 16.4 Å². The van der Waals surface area contributed by atoms with Crippen molar-refractivity contribution in [3.05, 3.63) is 48.3 Å². The van der Waals surface area contributed by atoms with Crippen LogP contribution in [0, 0.1) is 5.92 Å². The molecule has 7 heteroatoms. The molecule has 0 unspecified atom stereocenters. The number of rotatable bonds is 7. The fraction of sp³-hybridized carbons (Fsp3) is 0.474. The number of hydrogen-bond donors (Lipinski definition) is 1. The fourth-order valence-corrected chi connectivity index (χ4v) is 4.34. The van der Waals surface area contributed by atoms with E-state index in [4.69, 9.17) is 0 Å². The standard InChI is InChI=1S/C19H26N4O2S/c1-2-4-16-5-7-18(8-6-16)26(24,25)22-15-17-9-13-23(14-10-17)19-20-11-3-12-21-19/h3,5-8,11-12,17,22H,2,4,9-10,13-15H2,1H3. The zero-order valence-electron chi connectivity index (χ0n) is 15.1. The Bertz CT molecular complexity index is 786. The van der Waals surface area contributed by atoms with E-state index in [1.807, 2.05) is 12.1 Å². The van der Waals surface area contributed by atoms with E-state index >= 15 is 0 Å².